The minimum Gasteiger partial charge on any atom is -0.325 e. The molecule has 1 saturated heterocycles. The van der Waals surface area contributed by atoms with Gasteiger partial charge in [0.2, 0.25) is 0 Å². The van der Waals surface area contributed by atoms with Gasteiger partial charge in [-0.15, -0.1) is 0 Å². The van der Waals surface area contributed by atoms with Crippen molar-refractivity contribution in [2.45, 2.75) is 33.2 Å². The van der Waals surface area contributed by atoms with E-state index >= 15 is 0 Å². The molecule has 1 aliphatic rings. The van der Waals surface area contributed by atoms with Crippen molar-refractivity contribution >= 4 is 17.4 Å². The van der Waals surface area contributed by atoms with Crippen LogP contribution in [0.15, 0.2) is 24.3 Å². The minimum absolute atomic E-state index is 0.173. The van der Waals surface area contributed by atoms with Crippen molar-refractivity contribution in [1.29, 1.82) is 0 Å². The molecule has 0 radical (unpaired) electrons. The van der Waals surface area contributed by atoms with E-state index in [1.165, 1.54) is 0 Å². The topological polar surface area (TPSA) is 46.3 Å². The van der Waals surface area contributed by atoms with Gasteiger partial charge in [0, 0.05) is 30.6 Å². The second-order valence-electron chi connectivity index (χ2n) is 4.49. The number of hydrogen-bond acceptors (Lipinski definition) is 3. The molecule has 0 aromatic heterocycles. The van der Waals surface area contributed by atoms with Crippen LogP contribution in [-0.4, -0.2) is 36.9 Å². The van der Waals surface area contributed by atoms with Gasteiger partial charge >= 0.3 is 0 Å². The van der Waals surface area contributed by atoms with Crippen LogP contribution in [-0.2, 0) is 11.2 Å². The van der Waals surface area contributed by atoms with Gasteiger partial charge in [-0.3, -0.25) is 4.79 Å². The van der Waals surface area contributed by atoms with Gasteiger partial charge in [0.05, 0.1) is 0 Å². The van der Waals surface area contributed by atoms with Crippen molar-refractivity contribution in [3.05, 3.63) is 34.9 Å². The summed E-state index contributed by atoms with van der Waals surface area (Å²) >= 11 is 5.66. The summed E-state index contributed by atoms with van der Waals surface area (Å²) in [5.74, 6) is 0.173. The highest BCUT2D eigenvalue weighted by atomic mass is 35.5. The number of likely N-dealkylation sites (N-methyl/N-ethyl adjacent to an activating group) is 1. The number of ketones is 1. The fraction of sp³-hybridized carbons (Fsp3) is 0.533. The van der Waals surface area contributed by atoms with Crippen molar-refractivity contribution in [2.24, 2.45) is 5.73 Å². The molecule has 4 heteroatoms. The number of likely N-dealkylation sites (tertiary alicyclic amines) is 1. The Morgan fingerprint density at radius 3 is 2.05 bits per heavy atom. The highest BCUT2D eigenvalue weighted by Crippen LogP contribution is 2.09. The lowest BCUT2D eigenvalue weighted by atomic mass is 10.1. The van der Waals surface area contributed by atoms with E-state index in [9.17, 15) is 4.79 Å². The van der Waals surface area contributed by atoms with Gasteiger partial charge in [0.15, 0.2) is 0 Å². The quantitative estimate of drug-likeness (QED) is 0.908. The summed E-state index contributed by atoms with van der Waals surface area (Å²) in [5.41, 5.74) is 6.44. The second-order valence-corrected chi connectivity index (χ2v) is 4.92. The van der Waals surface area contributed by atoms with E-state index in [0.29, 0.717) is 17.5 Å². The summed E-state index contributed by atoms with van der Waals surface area (Å²) in [6, 6.07) is 7.78. The highest BCUT2D eigenvalue weighted by Gasteiger charge is 2.17. The van der Waals surface area contributed by atoms with Crippen LogP contribution in [0.5, 0.6) is 0 Å². The van der Waals surface area contributed by atoms with Crippen LogP contribution in [0.4, 0.5) is 0 Å². The zero-order valence-electron chi connectivity index (χ0n) is 12.3. The smallest absolute Gasteiger partial charge is 0.134 e. The number of Topliss-reactive ketones (excluding diaryl/α,β-unsaturated/α-hetero) is 1. The van der Waals surface area contributed by atoms with E-state index in [2.05, 4.69) is 11.9 Å². The van der Waals surface area contributed by atoms with E-state index in [0.717, 1.165) is 18.7 Å². The molecule has 1 aromatic carbocycles. The van der Waals surface area contributed by atoms with Crippen LogP contribution in [0.25, 0.3) is 0 Å². The monoisotopic (exact) mass is 284 g/mol. The summed E-state index contributed by atoms with van der Waals surface area (Å²) in [7, 11) is 2.07. The predicted molar refractivity (Wildman–Crippen MR) is 82.7 cm³/mol. The lowest BCUT2D eigenvalue weighted by molar-refractivity contribution is -0.116. The van der Waals surface area contributed by atoms with Crippen molar-refractivity contribution in [1.82, 2.24) is 4.90 Å². The van der Waals surface area contributed by atoms with Gasteiger partial charge in [-0.05, 0) is 31.7 Å². The summed E-state index contributed by atoms with van der Waals surface area (Å²) in [5, 5.41) is 0.706. The number of carbonyl (C=O) groups excluding carboxylic acids is 1. The van der Waals surface area contributed by atoms with Crippen LogP contribution in [0.3, 0.4) is 0 Å². The Morgan fingerprint density at radius 2 is 1.79 bits per heavy atom. The fourth-order valence-corrected chi connectivity index (χ4v) is 1.76. The second kappa shape index (κ2) is 9.96. The summed E-state index contributed by atoms with van der Waals surface area (Å²) in [4.78, 5) is 12.9. The van der Waals surface area contributed by atoms with E-state index in [1.807, 2.05) is 26.0 Å². The molecule has 2 N–H and O–H groups in total. The standard InChI is InChI=1S/C9H9ClO.C4H10N2.C2H6/c1-7(11)6-8-2-4-9(10)5-3-8;1-6-2-4(5)3-6;1-2/h2-5H,6H2,1H3;4H,2-3,5H2,1H3;1-2H3. The molecule has 0 atom stereocenters. The summed E-state index contributed by atoms with van der Waals surface area (Å²) in [6.07, 6.45) is 0.497. The zero-order chi connectivity index (χ0) is 14.8. The molecular weight excluding hydrogens is 260 g/mol. The molecule has 0 saturated carbocycles. The third kappa shape index (κ3) is 8.76. The van der Waals surface area contributed by atoms with Crippen molar-refractivity contribution in [2.75, 3.05) is 20.1 Å². The Hall–Kier alpha value is -0.900. The highest BCUT2D eigenvalue weighted by molar-refractivity contribution is 6.30. The molecule has 1 aliphatic heterocycles. The maximum Gasteiger partial charge on any atom is 0.134 e. The van der Waals surface area contributed by atoms with Crippen LogP contribution in [0.2, 0.25) is 5.02 Å². The number of halogens is 1. The number of benzene rings is 1. The predicted octanol–water partition coefficient (Wildman–Crippen LogP) is 2.76. The molecule has 0 aliphatic carbocycles. The van der Waals surface area contributed by atoms with Crippen LogP contribution in [0.1, 0.15) is 26.3 Å². The molecule has 3 nitrogen and oxygen atoms in total. The first-order valence-corrected chi connectivity index (χ1v) is 7.03. The number of carbonyl (C=O) groups is 1. The third-order valence-electron chi connectivity index (χ3n) is 2.46. The maximum absolute atomic E-state index is 10.7. The van der Waals surface area contributed by atoms with Crippen molar-refractivity contribution < 1.29 is 4.79 Å². The zero-order valence-corrected chi connectivity index (χ0v) is 13.1. The van der Waals surface area contributed by atoms with Gasteiger partial charge in [0.1, 0.15) is 5.78 Å². The van der Waals surface area contributed by atoms with Gasteiger partial charge in [0.25, 0.3) is 0 Å². The number of rotatable bonds is 2. The lowest BCUT2D eigenvalue weighted by Gasteiger charge is -2.32. The Bertz CT molecular complexity index is 353. The van der Waals surface area contributed by atoms with Gasteiger partial charge in [-0.2, -0.15) is 0 Å². The largest absolute Gasteiger partial charge is 0.325 e. The Morgan fingerprint density at radius 1 is 1.32 bits per heavy atom. The SMILES string of the molecule is CC.CC(=O)Cc1ccc(Cl)cc1.CN1CC(N)C1. The fourth-order valence-electron chi connectivity index (χ4n) is 1.64. The molecule has 1 fully saturated rings. The van der Waals surface area contributed by atoms with Gasteiger partial charge in [-0.25, -0.2) is 0 Å². The lowest BCUT2D eigenvalue weighted by Crippen LogP contribution is -2.53. The molecule has 0 unspecified atom stereocenters. The van der Waals surface area contributed by atoms with E-state index < -0.39 is 0 Å². The van der Waals surface area contributed by atoms with Crippen LogP contribution >= 0.6 is 11.6 Å². The summed E-state index contributed by atoms with van der Waals surface area (Å²) < 4.78 is 0. The third-order valence-corrected chi connectivity index (χ3v) is 2.71. The molecule has 19 heavy (non-hydrogen) atoms. The molecule has 2 rings (SSSR count). The van der Waals surface area contributed by atoms with Gasteiger partial charge in [-0.1, -0.05) is 37.6 Å². The Balaban J connectivity index is 0.000000341. The molecule has 108 valence electrons. The van der Waals surface area contributed by atoms with Crippen molar-refractivity contribution in [3.8, 4) is 0 Å². The molecule has 0 bridgehead atoms. The first kappa shape index (κ1) is 18.1. The van der Waals surface area contributed by atoms with Crippen LogP contribution < -0.4 is 5.73 Å². The Kier molecular flexibility index (Phi) is 9.48. The van der Waals surface area contributed by atoms with Gasteiger partial charge < -0.3 is 10.6 Å². The number of hydrogen-bond donors (Lipinski definition) is 1. The van der Waals surface area contributed by atoms with Crippen LogP contribution in [0, 0.1) is 0 Å². The normalized spacial score (nSPS) is 14.4. The first-order chi connectivity index (χ1) is 8.97. The maximum atomic E-state index is 10.7. The van der Waals surface area contributed by atoms with E-state index in [1.54, 1.807) is 19.1 Å². The molecule has 0 amide bonds. The molecule has 1 heterocycles. The summed E-state index contributed by atoms with van der Waals surface area (Å²) in [6.45, 7) is 7.74. The number of nitrogens with zero attached hydrogens (tertiary/aromatic N) is 1. The minimum atomic E-state index is 0.173. The average molecular weight is 285 g/mol. The molecule has 1 aromatic rings. The van der Waals surface area contributed by atoms with Crippen molar-refractivity contribution in [3.63, 3.8) is 0 Å². The van der Waals surface area contributed by atoms with E-state index in [-0.39, 0.29) is 5.78 Å². The number of nitrogens with two attached hydrogens (primary N) is 1. The molecular formula is C15H25ClN2O. The van der Waals surface area contributed by atoms with E-state index in [4.69, 9.17) is 17.3 Å². The first-order valence-electron chi connectivity index (χ1n) is 6.65. The Labute approximate surface area is 121 Å². The molecule has 0 spiro atoms. The average Bonchev–Trinajstić information content (AvgIpc) is 2.34.